The zero-order valence-electron chi connectivity index (χ0n) is 27.9. The van der Waals surface area contributed by atoms with Gasteiger partial charge in [0.25, 0.3) is 0 Å². The Bertz CT molecular complexity index is 1360. The molecule has 1 saturated heterocycles. The van der Waals surface area contributed by atoms with Crippen LogP contribution in [0, 0.1) is 16.7 Å². The summed E-state index contributed by atoms with van der Waals surface area (Å²) in [6.45, 7) is 13.1. The third kappa shape index (κ3) is 5.46. The SMILES string of the molecule is CC(=O)OC1[C@H]2C(C)([C@@H](OC(C)=O)C[C@H]3OC[C@]32OC(C)=O)[C@@H](OC(C)=O)[C@H](OC(C)=O)C2=C(C)[C@@H](OC(C)=O)C[C@]21C(C)(C)O. The summed E-state index contributed by atoms with van der Waals surface area (Å²) in [5, 5.41) is 12.3. The van der Waals surface area contributed by atoms with E-state index in [0.29, 0.717) is 5.57 Å². The predicted octanol–water partition coefficient (Wildman–Crippen LogP) is 1.86. The van der Waals surface area contributed by atoms with Crippen molar-refractivity contribution in [3.63, 3.8) is 0 Å². The Morgan fingerprint density at radius 3 is 1.74 bits per heavy atom. The molecule has 0 aromatic heterocycles. The van der Waals surface area contributed by atoms with Crippen LogP contribution in [0.25, 0.3) is 0 Å². The average Bonchev–Trinajstić information content (AvgIpc) is 3.13. The van der Waals surface area contributed by atoms with Crippen LogP contribution in [0.3, 0.4) is 0 Å². The maximum absolute atomic E-state index is 13.1. The fraction of sp³-hybridized carbons (Fsp3) is 0.750. The van der Waals surface area contributed by atoms with Gasteiger partial charge in [0.2, 0.25) is 0 Å². The fourth-order valence-corrected chi connectivity index (χ4v) is 8.71. The standard InChI is InChI=1S/C32H44O14/c1-14-21(41-15(2)33)12-31(29(8,9)39)24(14)25(43-17(4)35)27(44-18(5)36)30(10)22(42-16(3)34)11-23-32(13-40-23,46-20(7)38)26(30)28(31)45-19(6)37/h21-23,25-28,39H,11-13H2,1-10H3/t21-,22-,23+,25+,26-,27-,28?,30?,31-,32-/m0/s1. The molecule has 1 aliphatic heterocycles. The summed E-state index contributed by atoms with van der Waals surface area (Å²) in [4.78, 5) is 76.7. The van der Waals surface area contributed by atoms with Gasteiger partial charge in [-0.1, -0.05) is 6.92 Å². The van der Waals surface area contributed by atoms with E-state index in [1.807, 2.05) is 0 Å². The lowest BCUT2D eigenvalue weighted by molar-refractivity contribution is -0.353. The van der Waals surface area contributed by atoms with Crippen LogP contribution in [0.4, 0.5) is 0 Å². The number of ether oxygens (including phenoxy) is 7. The van der Waals surface area contributed by atoms with Crippen LogP contribution >= 0.6 is 0 Å². The summed E-state index contributed by atoms with van der Waals surface area (Å²) in [5.41, 5.74) is -6.18. The van der Waals surface area contributed by atoms with Crippen LogP contribution in [0.15, 0.2) is 11.1 Å². The highest BCUT2D eigenvalue weighted by Crippen LogP contribution is 2.69. The molecule has 2 unspecified atom stereocenters. The number of hydrogen-bond acceptors (Lipinski definition) is 14. The molecule has 1 N–H and O–H groups in total. The number of carbonyl (C=O) groups is 6. The van der Waals surface area contributed by atoms with E-state index in [1.54, 1.807) is 13.8 Å². The molecular weight excluding hydrogens is 608 g/mol. The summed E-state index contributed by atoms with van der Waals surface area (Å²) in [6, 6.07) is 0. The van der Waals surface area contributed by atoms with Crippen molar-refractivity contribution in [2.75, 3.05) is 6.61 Å². The van der Waals surface area contributed by atoms with E-state index < -0.39 is 100 Å². The van der Waals surface area contributed by atoms with E-state index in [4.69, 9.17) is 33.2 Å². The fourth-order valence-electron chi connectivity index (χ4n) is 8.71. The van der Waals surface area contributed by atoms with E-state index in [9.17, 15) is 33.9 Å². The van der Waals surface area contributed by atoms with E-state index in [-0.39, 0.29) is 25.0 Å². The second-order valence-electron chi connectivity index (χ2n) is 13.5. The highest BCUT2D eigenvalue weighted by Gasteiger charge is 2.80. The van der Waals surface area contributed by atoms with Crippen LogP contribution in [0.5, 0.6) is 0 Å². The second kappa shape index (κ2) is 11.9. The number of carbonyl (C=O) groups excluding carboxylic acids is 6. The largest absolute Gasteiger partial charge is 0.462 e. The van der Waals surface area contributed by atoms with Crippen LogP contribution in [-0.2, 0) is 61.9 Å². The molecule has 2 saturated carbocycles. The van der Waals surface area contributed by atoms with Gasteiger partial charge in [-0.2, -0.15) is 0 Å². The maximum Gasteiger partial charge on any atom is 0.303 e. The van der Waals surface area contributed by atoms with Crippen molar-refractivity contribution in [1.82, 2.24) is 0 Å². The topological polar surface area (TPSA) is 187 Å². The normalized spacial score (nSPS) is 38.0. The van der Waals surface area contributed by atoms with Crippen LogP contribution in [-0.4, -0.2) is 95.4 Å². The highest BCUT2D eigenvalue weighted by atomic mass is 16.6. The minimum absolute atomic E-state index is 0.0270. The number of rotatable bonds is 7. The quantitative estimate of drug-likeness (QED) is 0.238. The molecule has 46 heavy (non-hydrogen) atoms. The minimum Gasteiger partial charge on any atom is -0.462 e. The van der Waals surface area contributed by atoms with E-state index in [0.717, 1.165) is 13.8 Å². The number of hydrogen-bond donors (Lipinski definition) is 1. The molecule has 3 fully saturated rings. The Morgan fingerprint density at radius 1 is 0.783 bits per heavy atom. The molecule has 1 heterocycles. The lowest BCUT2D eigenvalue weighted by Gasteiger charge is -2.65. The summed E-state index contributed by atoms with van der Waals surface area (Å²) in [6.07, 6.45) is -7.59. The molecule has 0 amide bonds. The van der Waals surface area contributed by atoms with E-state index in [2.05, 4.69) is 0 Å². The van der Waals surface area contributed by atoms with Crippen molar-refractivity contribution in [2.24, 2.45) is 16.7 Å². The van der Waals surface area contributed by atoms with Gasteiger partial charge in [0.1, 0.15) is 24.4 Å². The second-order valence-corrected chi connectivity index (χ2v) is 13.5. The minimum atomic E-state index is -1.84. The molecule has 14 heteroatoms. The molecule has 0 bridgehead atoms. The molecule has 4 aliphatic rings. The lowest BCUT2D eigenvalue weighted by Crippen LogP contribution is -2.79. The van der Waals surface area contributed by atoms with Crippen molar-refractivity contribution in [1.29, 1.82) is 0 Å². The van der Waals surface area contributed by atoms with Gasteiger partial charge in [0.05, 0.1) is 29.0 Å². The highest BCUT2D eigenvalue weighted by molar-refractivity contribution is 5.71. The van der Waals surface area contributed by atoms with Gasteiger partial charge in [-0.3, -0.25) is 28.8 Å². The van der Waals surface area contributed by atoms with Crippen molar-refractivity contribution >= 4 is 35.8 Å². The number of aliphatic hydroxyl groups is 1. The molecule has 0 spiro atoms. The zero-order valence-corrected chi connectivity index (χ0v) is 27.9. The van der Waals surface area contributed by atoms with Crippen molar-refractivity contribution in [2.45, 2.75) is 130 Å². The molecule has 10 atom stereocenters. The first-order valence-electron chi connectivity index (χ1n) is 15.2. The third-order valence-corrected chi connectivity index (χ3v) is 10.2. The molecule has 256 valence electrons. The van der Waals surface area contributed by atoms with Gasteiger partial charge in [-0.15, -0.1) is 0 Å². The average molecular weight is 653 g/mol. The van der Waals surface area contributed by atoms with Crippen molar-refractivity contribution < 1.29 is 67.0 Å². The summed E-state index contributed by atoms with van der Waals surface area (Å²) in [7, 11) is 0. The molecule has 0 radical (unpaired) electrons. The van der Waals surface area contributed by atoms with Gasteiger partial charge < -0.3 is 38.3 Å². The first-order chi connectivity index (χ1) is 21.1. The molecule has 14 nitrogen and oxygen atoms in total. The van der Waals surface area contributed by atoms with E-state index in [1.165, 1.54) is 41.5 Å². The van der Waals surface area contributed by atoms with Crippen LogP contribution < -0.4 is 0 Å². The van der Waals surface area contributed by atoms with Crippen LogP contribution in [0.1, 0.15) is 82.1 Å². The molecule has 0 aromatic carbocycles. The van der Waals surface area contributed by atoms with Gasteiger partial charge >= 0.3 is 35.8 Å². The summed E-state index contributed by atoms with van der Waals surface area (Å²) < 4.78 is 41.9. The Morgan fingerprint density at radius 2 is 1.30 bits per heavy atom. The maximum atomic E-state index is 13.1. The Labute approximate surface area is 267 Å². The van der Waals surface area contributed by atoms with Gasteiger partial charge in [0, 0.05) is 54.4 Å². The Kier molecular flexibility index (Phi) is 9.16. The molecule has 0 aromatic rings. The Balaban J connectivity index is 2.25. The first kappa shape index (κ1) is 35.3. The number of fused-ring (bicyclic) bond motifs is 4. The molecular formula is C32H44O14. The lowest BCUT2D eigenvalue weighted by atomic mass is 9.49. The van der Waals surface area contributed by atoms with Crippen LogP contribution in [0.2, 0.25) is 0 Å². The Hall–Kier alpha value is -3.52. The smallest absolute Gasteiger partial charge is 0.303 e. The summed E-state index contributed by atoms with van der Waals surface area (Å²) in [5.74, 6) is -5.59. The van der Waals surface area contributed by atoms with Crippen molar-refractivity contribution in [3.8, 4) is 0 Å². The van der Waals surface area contributed by atoms with Gasteiger partial charge in [0.15, 0.2) is 17.8 Å². The molecule has 3 aliphatic carbocycles. The van der Waals surface area contributed by atoms with E-state index >= 15 is 0 Å². The van der Waals surface area contributed by atoms with Crippen molar-refractivity contribution in [3.05, 3.63) is 11.1 Å². The number of esters is 6. The van der Waals surface area contributed by atoms with Gasteiger partial charge in [-0.25, -0.2) is 0 Å². The predicted molar refractivity (Wildman–Crippen MR) is 154 cm³/mol. The summed E-state index contributed by atoms with van der Waals surface area (Å²) >= 11 is 0. The first-order valence-corrected chi connectivity index (χ1v) is 15.2. The van der Waals surface area contributed by atoms with Gasteiger partial charge in [-0.05, 0) is 31.9 Å². The monoisotopic (exact) mass is 652 g/mol. The third-order valence-electron chi connectivity index (χ3n) is 10.2. The zero-order chi connectivity index (χ0) is 34.7. The molecule has 4 rings (SSSR count).